The van der Waals surface area contributed by atoms with Gasteiger partial charge in [-0.15, -0.1) is 0 Å². The van der Waals surface area contributed by atoms with Crippen LogP contribution in [0.15, 0.2) is 48.9 Å². The van der Waals surface area contributed by atoms with Gasteiger partial charge in [-0.1, -0.05) is 24.3 Å². The zero-order chi connectivity index (χ0) is 22.3. The van der Waals surface area contributed by atoms with Gasteiger partial charge in [-0.05, 0) is 24.6 Å². The Morgan fingerprint density at radius 2 is 1.94 bits per heavy atom. The van der Waals surface area contributed by atoms with E-state index in [1.165, 1.54) is 5.56 Å². The Hall–Kier alpha value is -3.50. The topological polar surface area (TPSA) is 118 Å². The summed E-state index contributed by atoms with van der Waals surface area (Å²) in [4.78, 5) is 28.1. The number of pyridine rings is 1. The average Bonchev–Trinajstić information content (AvgIpc) is 2.84. The van der Waals surface area contributed by atoms with Gasteiger partial charge in [-0.25, -0.2) is 9.97 Å². The van der Waals surface area contributed by atoms with Crippen LogP contribution >= 0.6 is 0 Å². The fourth-order valence-electron chi connectivity index (χ4n) is 3.56. The molecule has 0 saturated carbocycles. The highest BCUT2D eigenvalue weighted by Crippen LogP contribution is 2.26. The summed E-state index contributed by atoms with van der Waals surface area (Å²) in [5, 5.41) is 6.04. The number of amides is 1. The van der Waals surface area contributed by atoms with Gasteiger partial charge in [0.05, 0.1) is 42.7 Å². The first kappa shape index (κ1) is 21.7. The molecule has 0 bridgehead atoms. The van der Waals surface area contributed by atoms with Crippen molar-refractivity contribution in [1.82, 2.24) is 20.2 Å². The number of anilines is 3. The highest BCUT2D eigenvalue weighted by Gasteiger charge is 2.19. The Labute approximate surface area is 187 Å². The number of nitrogens with two attached hydrogens (primary N) is 1. The van der Waals surface area contributed by atoms with Gasteiger partial charge < -0.3 is 25.9 Å². The summed E-state index contributed by atoms with van der Waals surface area (Å²) in [5.41, 5.74) is 10.2. The van der Waals surface area contributed by atoms with Crippen molar-refractivity contribution in [3.8, 4) is 11.3 Å². The van der Waals surface area contributed by atoms with Crippen LogP contribution in [-0.4, -0.2) is 61.7 Å². The summed E-state index contributed by atoms with van der Waals surface area (Å²) in [6, 6.07) is 9.93. The number of hydrogen-bond donors (Lipinski definition) is 3. The van der Waals surface area contributed by atoms with Crippen molar-refractivity contribution in [2.24, 2.45) is 0 Å². The van der Waals surface area contributed by atoms with Gasteiger partial charge in [0.25, 0.3) is 5.91 Å². The zero-order valence-electron chi connectivity index (χ0n) is 18.0. The van der Waals surface area contributed by atoms with Gasteiger partial charge in [0.15, 0.2) is 19.5 Å². The van der Waals surface area contributed by atoms with Crippen LogP contribution in [0.1, 0.15) is 16.1 Å². The minimum atomic E-state index is -0.426. The van der Waals surface area contributed by atoms with E-state index < -0.39 is 5.91 Å². The molecule has 4 N–H and O–H groups in total. The number of morpholine rings is 1. The van der Waals surface area contributed by atoms with Crippen LogP contribution in [0.5, 0.6) is 0 Å². The van der Waals surface area contributed by atoms with Crippen LogP contribution in [0.2, 0.25) is 0 Å². The highest BCUT2D eigenvalue weighted by atomic mass is 16.5. The monoisotopic (exact) mass is 431 g/mol. The van der Waals surface area contributed by atoms with Crippen LogP contribution in [0.25, 0.3) is 11.3 Å². The van der Waals surface area contributed by atoms with Crippen molar-refractivity contribution in [3.05, 3.63) is 60.2 Å². The molecule has 10 heteroatoms. The predicted molar refractivity (Wildman–Crippen MR) is 127 cm³/mol. The molecule has 164 valence electrons. The van der Waals surface area contributed by atoms with E-state index in [9.17, 15) is 4.79 Å². The minimum Gasteiger partial charge on any atom is -0.382 e. The Balaban J connectivity index is 1.55. The standard InChI is InChI=1S/C22H26BN7O2/c23-27-8-5-15-1-3-16(4-2-15)17-14-26-21(24)20(28-17)22(31)29-18-13-25-7-6-19(18)30-9-11-32-12-10-30/h1-4,6-7,13-14,27H,5,8-12,23H2,(H2,24,26)(H,29,31). The predicted octanol–water partition coefficient (Wildman–Crippen LogP) is 0.890. The molecule has 1 aromatic carbocycles. The van der Waals surface area contributed by atoms with E-state index in [4.69, 9.17) is 10.5 Å². The average molecular weight is 431 g/mol. The van der Waals surface area contributed by atoms with Crippen LogP contribution in [0.3, 0.4) is 0 Å². The Bertz CT molecular complexity index is 1070. The number of nitrogens with one attached hydrogen (secondary N) is 2. The van der Waals surface area contributed by atoms with E-state index in [1.807, 2.05) is 26.2 Å². The molecule has 0 spiro atoms. The molecule has 1 fully saturated rings. The summed E-state index contributed by atoms with van der Waals surface area (Å²) in [6.45, 7) is 3.68. The molecular weight excluding hydrogens is 405 g/mol. The third-order valence-electron chi connectivity index (χ3n) is 5.33. The smallest absolute Gasteiger partial charge is 0.278 e. The molecule has 3 aromatic rings. The Kier molecular flexibility index (Phi) is 6.93. The molecule has 0 atom stereocenters. The molecule has 32 heavy (non-hydrogen) atoms. The Morgan fingerprint density at radius 3 is 2.69 bits per heavy atom. The molecule has 1 saturated heterocycles. The number of aromatic nitrogens is 3. The van der Waals surface area contributed by atoms with Crippen LogP contribution in [0, 0.1) is 0 Å². The number of hydrogen-bond acceptors (Lipinski definition) is 8. The number of ether oxygens (including phenoxy) is 1. The van der Waals surface area contributed by atoms with E-state index >= 15 is 0 Å². The number of rotatable bonds is 7. The van der Waals surface area contributed by atoms with Gasteiger partial charge in [0.2, 0.25) is 0 Å². The summed E-state index contributed by atoms with van der Waals surface area (Å²) >= 11 is 0. The normalized spacial score (nSPS) is 13.7. The molecule has 0 unspecified atom stereocenters. The third-order valence-corrected chi connectivity index (χ3v) is 5.33. The summed E-state index contributed by atoms with van der Waals surface area (Å²) in [7, 11) is 1.93. The van der Waals surface area contributed by atoms with Crippen molar-refractivity contribution >= 4 is 31.1 Å². The van der Waals surface area contributed by atoms with Crippen molar-refractivity contribution in [1.29, 1.82) is 0 Å². The molecule has 0 aliphatic carbocycles. The lowest BCUT2D eigenvalue weighted by Crippen LogP contribution is -2.36. The van der Waals surface area contributed by atoms with Gasteiger partial charge >= 0.3 is 0 Å². The van der Waals surface area contributed by atoms with Gasteiger partial charge in [0.1, 0.15) is 0 Å². The van der Waals surface area contributed by atoms with Crippen molar-refractivity contribution in [2.45, 2.75) is 6.42 Å². The first-order valence-corrected chi connectivity index (χ1v) is 10.6. The molecule has 1 amide bonds. The molecule has 0 radical (unpaired) electrons. The van der Waals surface area contributed by atoms with Gasteiger partial charge in [-0.3, -0.25) is 9.78 Å². The highest BCUT2D eigenvalue weighted by molar-refractivity contribution is 6.07. The fourth-order valence-corrected chi connectivity index (χ4v) is 3.56. The second-order valence-electron chi connectivity index (χ2n) is 7.49. The van der Waals surface area contributed by atoms with E-state index in [1.54, 1.807) is 18.6 Å². The van der Waals surface area contributed by atoms with Crippen LogP contribution < -0.4 is 21.2 Å². The summed E-state index contributed by atoms with van der Waals surface area (Å²) in [6.07, 6.45) is 5.85. The second-order valence-corrected chi connectivity index (χ2v) is 7.49. The molecular formula is C22H26BN7O2. The van der Waals surface area contributed by atoms with Crippen molar-refractivity contribution in [3.63, 3.8) is 0 Å². The van der Waals surface area contributed by atoms with E-state index in [2.05, 4.69) is 42.5 Å². The van der Waals surface area contributed by atoms with Crippen molar-refractivity contribution in [2.75, 3.05) is 48.8 Å². The summed E-state index contributed by atoms with van der Waals surface area (Å²) in [5.74, 6) is -0.348. The minimum absolute atomic E-state index is 0.0775. The van der Waals surface area contributed by atoms with E-state index in [-0.39, 0.29) is 11.5 Å². The van der Waals surface area contributed by atoms with Gasteiger partial charge in [0, 0.05) is 24.8 Å². The van der Waals surface area contributed by atoms with Gasteiger partial charge in [-0.2, -0.15) is 0 Å². The molecule has 2 aromatic heterocycles. The van der Waals surface area contributed by atoms with E-state index in [0.29, 0.717) is 24.6 Å². The Morgan fingerprint density at radius 1 is 1.16 bits per heavy atom. The zero-order valence-corrected chi connectivity index (χ0v) is 18.0. The van der Waals surface area contributed by atoms with Crippen molar-refractivity contribution < 1.29 is 9.53 Å². The maximum atomic E-state index is 13.1. The molecule has 4 rings (SSSR count). The fraction of sp³-hybridized carbons (Fsp3) is 0.273. The number of nitrogen functional groups attached to an aromatic ring is 1. The molecule has 3 heterocycles. The summed E-state index contributed by atoms with van der Waals surface area (Å²) < 4.78 is 5.43. The molecule has 1 aliphatic heterocycles. The molecule has 1 aliphatic rings. The number of carbonyl (C=O) groups is 1. The third kappa shape index (κ3) is 5.04. The number of benzene rings is 1. The largest absolute Gasteiger partial charge is 0.382 e. The first-order chi connectivity index (χ1) is 15.7. The maximum absolute atomic E-state index is 13.1. The molecule has 9 nitrogen and oxygen atoms in total. The number of carbonyl (C=O) groups excluding carboxylic acids is 1. The lowest BCUT2D eigenvalue weighted by molar-refractivity contribution is 0.102. The number of nitrogens with zero attached hydrogens (tertiary/aromatic N) is 4. The van der Waals surface area contributed by atoms with Crippen LogP contribution in [-0.2, 0) is 11.2 Å². The quantitative estimate of drug-likeness (QED) is 0.472. The lowest BCUT2D eigenvalue weighted by Gasteiger charge is -2.30. The van der Waals surface area contributed by atoms with E-state index in [0.717, 1.165) is 37.3 Å². The SMILES string of the molecule is BNCCc1ccc(-c2cnc(N)c(C(=O)Nc3cnccc3N3CCOCC3)n2)cc1. The van der Waals surface area contributed by atoms with Crippen LogP contribution in [0.4, 0.5) is 17.2 Å². The first-order valence-electron chi connectivity index (χ1n) is 10.6. The maximum Gasteiger partial charge on any atom is 0.278 e. The lowest BCUT2D eigenvalue weighted by atomic mass is 10.1. The second kappa shape index (κ2) is 10.2.